The van der Waals surface area contributed by atoms with E-state index in [9.17, 15) is 0 Å². The number of likely N-dealkylation sites (N-methyl/N-ethyl adjacent to an activating group) is 1. The number of rotatable bonds is 6. The number of halogens is 1. The van der Waals surface area contributed by atoms with Gasteiger partial charge in [0.05, 0.1) is 10.7 Å². The highest BCUT2D eigenvalue weighted by Gasteiger charge is 2.15. The standard InChI is InChI=1S/C17H23ClN2S/c1-12(10-15-6-5-9-21-15)20(4)17-8-7-14(11-16(17)18)13(2)19-3/h5-9,11-13,19H,10H2,1-4H3. The smallest absolute Gasteiger partial charge is 0.0642 e. The number of nitrogens with one attached hydrogen (secondary N) is 1. The lowest BCUT2D eigenvalue weighted by Gasteiger charge is -2.28. The van der Waals surface area contributed by atoms with Crippen LogP contribution >= 0.6 is 22.9 Å². The highest BCUT2D eigenvalue weighted by Crippen LogP contribution is 2.30. The van der Waals surface area contributed by atoms with E-state index in [-0.39, 0.29) is 0 Å². The highest BCUT2D eigenvalue weighted by atomic mass is 35.5. The van der Waals surface area contributed by atoms with Gasteiger partial charge in [0.25, 0.3) is 0 Å². The van der Waals surface area contributed by atoms with Gasteiger partial charge < -0.3 is 10.2 Å². The lowest BCUT2D eigenvalue weighted by molar-refractivity contribution is 0.651. The van der Waals surface area contributed by atoms with Gasteiger partial charge in [0, 0.05) is 30.4 Å². The molecule has 0 saturated heterocycles. The molecule has 0 radical (unpaired) electrons. The number of nitrogens with zero attached hydrogens (tertiary/aromatic N) is 1. The maximum atomic E-state index is 6.48. The predicted molar refractivity (Wildman–Crippen MR) is 94.8 cm³/mol. The summed E-state index contributed by atoms with van der Waals surface area (Å²) in [6.07, 6.45) is 1.04. The Labute approximate surface area is 136 Å². The van der Waals surface area contributed by atoms with Crippen LogP contribution in [0.3, 0.4) is 0 Å². The Hall–Kier alpha value is -1.03. The quantitative estimate of drug-likeness (QED) is 0.825. The maximum Gasteiger partial charge on any atom is 0.0642 e. The molecule has 21 heavy (non-hydrogen) atoms. The molecule has 0 saturated carbocycles. The third-order valence-electron chi connectivity index (χ3n) is 4.02. The molecule has 0 bridgehead atoms. The molecular weight excluding hydrogens is 300 g/mol. The van der Waals surface area contributed by atoms with Crippen LogP contribution in [0.15, 0.2) is 35.7 Å². The van der Waals surface area contributed by atoms with Gasteiger partial charge in [-0.15, -0.1) is 11.3 Å². The van der Waals surface area contributed by atoms with Crippen LogP contribution in [-0.2, 0) is 6.42 Å². The lowest BCUT2D eigenvalue weighted by atomic mass is 10.1. The summed E-state index contributed by atoms with van der Waals surface area (Å²) in [5.41, 5.74) is 2.30. The summed E-state index contributed by atoms with van der Waals surface area (Å²) in [6.45, 7) is 4.37. The van der Waals surface area contributed by atoms with Gasteiger partial charge in [-0.2, -0.15) is 0 Å². The first-order valence-electron chi connectivity index (χ1n) is 7.25. The molecule has 1 N–H and O–H groups in total. The van der Waals surface area contributed by atoms with Crippen molar-refractivity contribution in [3.63, 3.8) is 0 Å². The average Bonchev–Trinajstić information content (AvgIpc) is 2.98. The third-order valence-corrected chi connectivity index (χ3v) is 5.22. The molecule has 4 heteroatoms. The van der Waals surface area contributed by atoms with Crippen molar-refractivity contribution in [2.45, 2.75) is 32.4 Å². The summed E-state index contributed by atoms with van der Waals surface area (Å²) in [7, 11) is 4.07. The highest BCUT2D eigenvalue weighted by molar-refractivity contribution is 7.09. The van der Waals surface area contributed by atoms with E-state index in [4.69, 9.17) is 11.6 Å². The Morgan fingerprint density at radius 2 is 2.05 bits per heavy atom. The number of hydrogen-bond acceptors (Lipinski definition) is 3. The van der Waals surface area contributed by atoms with E-state index in [1.165, 1.54) is 10.4 Å². The largest absolute Gasteiger partial charge is 0.370 e. The van der Waals surface area contributed by atoms with Crippen molar-refractivity contribution in [2.24, 2.45) is 0 Å². The minimum atomic E-state index is 0.311. The molecule has 0 spiro atoms. The molecule has 2 unspecified atom stereocenters. The van der Waals surface area contributed by atoms with Crippen molar-refractivity contribution < 1.29 is 0 Å². The molecule has 0 aliphatic carbocycles. The molecular formula is C17H23ClN2S. The molecule has 1 heterocycles. The second kappa shape index (κ2) is 7.30. The van der Waals surface area contributed by atoms with Gasteiger partial charge >= 0.3 is 0 Å². The molecule has 1 aromatic heterocycles. The van der Waals surface area contributed by atoms with E-state index in [0.717, 1.165) is 17.1 Å². The first-order valence-corrected chi connectivity index (χ1v) is 8.50. The van der Waals surface area contributed by atoms with Crippen molar-refractivity contribution in [2.75, 3.05) is 19.0 Å². The fourth-order valence-corrected chi connectivity index (χ4v) is 3.49. The number of anilines is 1. The normalized spacial score (nSPS) is 14.0. The van der Waals surface area contributed by atoms with Crippen molar-refractivity contribution >= 4 is 28.6 Å². The molecule has 1 aromatic carbocycles. The van der Waals surface area contributed by atoms with E-state index in [1.807, 2.05) is 18.4 Å². The summed E-state index contributed by atoms with van der Waals surface area (Å²) < 4.78 is 0. The number of thiophene rings is 1. The van der Waals surface area contributed by atoms with Crippen LogP contribution in [-0.4, -0.2) is 20.1 Å². The topological polar surface area (TPSA) is 15.3 Å². The minimum absolute atomic E-state index is 0.311. The van der Waals surface area contributed by atoms with Gasteiger partial charge in [0.15, 0.2) is 0 Å². The van der Waals surface area contributed by atoms with Crippen LogP contribution in [0.25, 0.3) is 0 Å². The Bertz CT molecular complexity index is 568. The molecule has 0 aliphatic rings. The van der Waals surface area contributed by atoms with Crippen molar-refractivity contribution in [3.8, 4) is 0 Å². The summed E-state index contributed by atoms with van der Waals surface area (Å²) in [4.78, 5) is 3.67. The van der Waals surface area contributed by atoms with E-state index >= 15 is 0 Å². The van der Waals surface area contributed by atoms with Gasteiger partial charge in [0.2, 0.25) is 0 Å². The average molecular weight is 323 g/mol. The van der Waals surface area contributed by atoms with Crippen LogP contribution in [0.1, 0.15) is 30.3 Å². The summed E-state index contributed by atoms with van der Waals surface area (Å²) in [6, 6.07) is 11.3. The van der Waals surface area contributed by atoms with Gasteiger partial charge in [-0.05, 0) is 50.0 Å². The van der Waals surface area contributed by atoms with Crippen LogP contribution < -0.4 is 10.2 Å². The van der Waals surface area contributed by atoms with Crippen molar-refractivity contribution in [1.82, 2.24) is 5.32 Å². The fraction of sp³-hybridized carbons (Fsp3) is 0.412. The second-order valence-corrected chi connectivity index (χ2v) is 6.90. The summed E-state index contributed by atoms with van der Waals surface area (Å²) in [5.74, 6) is 0. The predicted octanol–water partition coefficient (Wildman–Crippen LogP) is 4.75. The Balaban J connectivity index is 2.13. The molecule has 2 rings (SSSR count). The molecule has 2 aromatic rings. The van der Waals surface area contributed by atoms with E-state index in [0.29, 0.717) is 12.1 Å². The monoisotopic (exact) mass is 322 g/mol. The first-order chi connectivity index (χ1) is 10.0. The summed E-state index contributed by atoms with van der Waals surface area (Å²) >= 11 is 8.29. The Morgan fingerprint density at radius 3 is 2.62 bits per heavy atom. The second-order valence-electron chi connectivity index (χ2n) is 5.46. The Kier molecular flexibility index (Phi) is 5.68. The van der Waals surface area contributed by atoms with Crippen molar-refractivity contribution in [1.29, 1.82) is 0 Å². The van der Waals surface area contributed by atoms with E-state index in [1.54, 1.807) is 0 Å². The zero-order valence-electron chi connectivity index (χ0n) is 13.1. The van der Waals surface area contributed by atoms with Gasteiger partial charge in [-0.3, -0.25) is 0 Å². The van der Waals surface area contributed by atoms with Crippen LogP contribution in [0.2, 0.25) is 5.02 Å². The molecule has 0 fully saturated rings. The molecule has 0 amide bonds. The van der Waals surface area contributed by atoms with E-state index < -0.39 is 0 Å². The van der Waals surface area contributed by atoms with Crippen LogP contribution in [0.5, 0.6) is 0 Å². The number of benzene rings is 1. The van der Waals surface area contributed by atoms with E-state index in [2.05, 4.69) is 66.8 Å². The van der Waals surface area contributed by atoms with Gasteiger partial charge in [-0.25, -0.2) is 0 Å². The zero-order chi connectivity index (χ0) is 15.4. The Morgan fingerprint density at radius 1 is 1.29 bits per heavy atom. The SMILES string of the molecule is CNC(C)c1ccc(N(C)C(C)Cc2cccs2)c(Cl)c1. The minimum Gasteiger partial charge on any atom is -0.370 e. The van der Waals surface area contributed by atoms with Gasteiger partial charge in [-0.1, -0.05) is 23.7 Å². The van der Waals surface area contributed by atoms with Crippen molar-refractivity contribution in [3.05, 3.63) is 51.2 Å². The maximum absolute atomic E-state index is 6.48. The third kappa shape index (κ3) is 4.00. The molecule has 2 nitrogen and oxygen atoms in total. The molecule has 2 atom stereocenters. The number of hydrogen-bond donors (Lipinski definition) is 1. The zero-order valence-corrected chi connectivity index (χ0v) is 14.6. The fourth-order valence-electron chi connectivity index (χ4n) is 2.34. The van der Waals surface area contributed by atoms with Crippen LogP contribution in [0.4, 0.5) is 5.69 Å². The van der Waals surface area contributed by atoms with Gasteiger partial charge in [0.1, 0.15) is 0 Å². The lowest BCUT2D eigenvalue weighted by Crippen LogP contribution is -2.30. The van der Waals surface area contributed by atoms with Crippen LogP contribution in [0, 0.1) is 0 Å². The molecule has 0 aliphatic heterocycles. The molecule has 114 valence electrons. The first kappa shape index (κ1) is 16.3. The summed E-state index contributed by atoms with van der Waals surface area (Å²) in [5, 5.41) is 6.18.